The van der Waals surface area contributed by atoms with Crippen molar-refractivity contribution in [3.05, 3.63) is 70.9 Å². The van der Waals surface area contributed by atoms with E-state index in [2.05, 4.69) is 22.4 Å². The Balaban J connectivity index is 1.66. The monoisotopic (exact) mass is 354 g/mol. The molecule has 2 heterocycles. The van der Waals surface area contributed by atoms with Gasteiger partial charge in [-0.3, -0.25) is 4.79 Å². The number of rotatable bonds is 3. The van der Waals surface area contributed by atoms with Gasteiger partial charge in [0.15, 0.2) is 0 Å². The van der Waals surface area contributed by atoms with Crippen LogP contribution in [0.5, 0.6) is 0 Å². The summed E-state index contributed by atoms with van der Waals surface area (Å²) < 4.78 is 5.52. The summed E-state index contributed by atoms with van der Waals surface area (Å²) in [6, 6.07) is 17.5. The van der Waals surface area contributed by atoms with Gasteiger partial charge in [0.2, 0.25) is 0 Å². The Bertz CT molecular complexity index is 898. The van der Waals surface area contributed by atoms with E-state index in [-0.39, 0.29) is 5.91 Å². The zero-order chi connectivity index (χ0) is 17.3. The summed E-state index contributed by atoms with van der Waals surface area (Å²) in [5.41, 5.74) is 2.16. The molecule has 5 heteroatoms. The molecule has 1 aliphatic rings. The minimum atomic E-state index is -0.397. The van der Waals surface area contributed by atoms with Gasteiger partial charge in [0, 0.05) is 29.1 Å². The number of amides is 1. The number of carbonyl (C=O) groups excluding carboxylic acids is 1. The predicted molar refractivity (Wildman–Crippen MR) is 98.9 cm³/mol. The largest absolute Gasteiger partial charge is 0.381 e. The van der Waals surface area contributed by atoms with Crippen LogP contribution in [0.15, 0.2) is 54.6 Å². The highest BCUT2D eigenvalue weighted by Crippen LogP contribution is 2.32. The van der Waals surface area contributed by atoms with E-state index in [1.807, 2.05) is 42.5 Å². The summed E-state index contributed by atoms with van der Waals surface area (Å²) in [6.45, 7) is 1.27. The van der Waals surface area contributed by atoms with E-state index >= 15 is 0 Å². The number of nitrogens with one attached hydrogen (secondary N) is 2. The fraction of sp³-hybridized carbons (Fsp3) is 0.250. The quantitative estimate of drug-likeness (QED) is 0.738. The Kier molecular flexibility index (Phi) is 4.24. The molecule has 0 unspecified atom stereocenters. The fourth-order valence-corrected chi connectivity index (χ4v) is 3.65. The number of halogens is 1. The third-order valence-corrected chi connectivity index (χ3v) is 5.09. The predicted octanol–water partition coefficient (Wildman–Crippen LogP) is 4.26. The Morgan fingerprint density at radius 3 is 2.60 bits per heavy atom. The summed E-state index contributed by atoms with van der Waals surface area (Å²) in [5.74, 6) is -0.113. The number of benzene rings is 2. The fourth-order valence-electron chi connectivity index (χ4n) is 3.47. The molecule has 1 aromatic heterocycles. The lowest BCUT2D eigenvalue weighted by Gasteiger charge is -2.38. The van der Waals surface area contributed by atoms with E-state index in [0.29, 0.717) is 23.9 Å². The first-order valence-electron chi connectivity index (χ1n) is 8.40. The Morgan fingerprint density at radius 2 is 1.84 bits per heavy atom. The minimum Gasteiger partial charge on any atom is -0.381 e. The van der Waals surface area contributed by atoms with Crippen LogP contribution >= 0.6 is 11.6 Å². The maximum atomic E-state index is 12.9. The van der Waals surface area contributed by atoms with Crippen molar-refractivity contribution in [2.45, 2.75) is 18.4 Å². The van der Waals surface area contributed by atoms with Gasteiger partial charge in [-0.15, -0.1) is 0 Å². The van der Waals surface area contributed by atoms with Gasteiger partial charge in [0.05, 0.1) is 5.54 Å². The van der Waals surface area contributed by atoms with Gasteiger partial charge >= 0.3 is 0 Å². The van der Waals surface area contributed by atoms with Crippen molar-refractivity contribution in [1.29, 1.82) is 0 Å². The number of aromatic nitrogens is 1. The van der Waals surface area contributed by atoms with Crippen molar-refractivity contribution in [3.8, 4) is 0 Å². The van der Waals surface area contributed by atoms with E-state index in [0.717, 1.165) is 29.3 Å². The summed E-state index contributed by atoms with van der Waals surface area (Å²) in [5, 5.41) is 4.84. The van der Waals surface area contributed by atoms with Crippen LogP contribution in [0.2, 0.25) is 5.02 Å². The molecule has 0 spiro atoms. The zero-order valence-electron chi connectivity index (χ0n) is 13.7. The lowest BCUT2D eigenvalue weighted by molar-refractivity contribution is 0.0344. The van der Waals surface area contributed by atoms with E-state index in [1.165, 1.54) is 0 Å². The van der Waals surface area contributed by atoms with E-state index in [1.54, 1.807) is 0 Å². The molecule has 0 aliphatic carbocycles. The molecule has 0 bridgehead atoms. The molecule has 4 nitrogen and oxygen atoms in total. The number of fused-ring (bicyclic) bond motifs is 1. The number of hydrogen-bond acceptors (Lipinski definition) is 2. The maximum Gasteiger partial charge on any atom is 0.268 e. The van der Waals surface area contributed by atoms with Gasteiger partial charge in [0.25, 0.3) is 5.91 Å². The second-order valence-electron chi connectivity index (χ2n) is 6.43. The second kappa shape index (κ2) is 6.54. The van der Waals surface area contributed by atoms with Crippen molar-refractivity contribution < 1.29 is 9.53 Å². The summed E-state index contributed by atoms with van der Waals surface area (Å²) in [7, 11) is 0. The summed E-state index contributed by atoms with van der Waals surface area (Å²) in [6.07, 6.45) is 1.52. The molecule has 25 heavy (non-hydrogen) atoms. The number of ether oxygens (including phenoxy) is 1. The normalized spacial score (nSPS) is 16.7. The van der Waals surface area contributed by atoms with Crippen LogP contribution in [0.3, 0.4) is 0 Å². The number of carbonyl (C=O) groups is 1. The van der Waals surface area contributed by atoms with Gasteiger partial charge in [-0.25, -0.2) is 0 Å². The highest BCUT2D eigenvalue weighted by Gasteiger charge is 2.36. The molecule has 128 valence electrons. The molecule has 4 rings (SSSR count). The number of aromatic amines is 1. The average Bonchev–Trinajstić information content (AvgIpc) is 3.06. The first-order valence-corrected chi connectivity index (χ1v) is 8.78. The molecule has 3 aromatic rings. The molecule has 0 radical (unpaired) electrons. The Hall–Kier alpha value is -2.30. The highest BCUT2D eigenvalue weighted by atomic mass is 35.5. The van der Waals surface area contributed by atoms with Gasteiger partial charge < -0.3 is 15.0 Å². The van der Waals surface area contributed by atoms with Gasteiger partial charge in [-0.2, -0.15) is 0 Å². The van der Waals surface area contributed by atoms with Crippen LogP contribution in [0.25, 0.3) is 10.9 Å². The van der Waals surface area contributed by atoms with Crippen LogP contribution in [-0.4, -0.2) is 24.1 Å². The smallest absolute Gasteiger partial charge is 0.268 e. The van der Waals surface area contributed by atoms with Crippen LogP contribution in [0, 0.1) is 0 Å². The molecule has 2 aromatic carbocycles. The van der Waals surface area contributed by atoms with Crippen LogP contribution < -0.4 is 5.32 Å². The van der Waals surface area contributed by atoms with Crippen LogP contribution in [-0.2, 0) is 10.3 Å². The molecule has 1 aliphatic heterocycles. The standard InChI is InChI=1S/C20H19ClN2O2/c21-16-6-7-17-14(12-16)13-18(22-17)19(24)23-20(8-10-25-11-9-20)15-4-2-1-3-5-15/h1-7,12-13,22H,8-11H2,(H,23,24). The zero-order valence-corrected chi connectivity index (χ0v) is 14.5. The van der Waals surface area contributed by atoms with E-state index in [4.69, 9.17) is 16.3 Å². The molecule has 1 amide bonds. The molecule has 0 saturated carbocycles. The highest BCUT2D eigenvalue weighted by molar-refractivity contribution is 6.31. The lowest BCUT2D eigenvalue weighted by Crippen LogP contribution is -2.49. The van der Waals surface area contributed by atoms with Crippen molar-refractivity contribution in [2.24, 2.45) is 0 Å². The Labute approximate surface area is 151 Å². The van der Waals surface area contributed by atoms with Crippen molar-refractivity contribution in [3.63, 3.8) is 0 Å². The van der Waals surface area contributed by atoms with Crippen LogP contribution in [0.4, 0.5) is 0 Å². The van der Waals surface area contributed by atoms with Crippen molar-refractivity contribution in [1.82, 2.24) is 10.3 Å². The lowest BCUT2D eigenvalue weighted by atomic mass is 9.82. The SMILES string of the molecule is O=C(NC1(c2ccccc2)CCOCC1)c1cc2cc(Cl)ccc2[nH]1. The minimum absolute atomic E-state index is 0.113. The summed E-state index contributed by atoms with van der Waals surface area (Å²) >= 11 is 6.04. The second-order valence-corrected chi connectivity index (χ2v) is 6.87. The molecule has 1 saturated heterocycles. The first-order chi connectivity index (χ1) is 12.2. The molecule has 0 atom stereocenters. The molecule has 1 fully saturated rings. The summed E-state index contributed by atoms with van der Waals surface area (Å²) in [4.78, 5) is 16.1. The molecular weight excluding hydrogens is 336 g/mol. The third-order valence-electron chi connectivity index (χ3n) is 4.85. The van der Waals surface area contributed by atoms with Crippen LogP contribution in [0.1, 0.15) is 28.9 Å². The van der Waals surface area contributed by atoms with E-state index in [9.17, 15) is 4.79 Å². The third kappa shape index (κ3) is 3.15. The number of hydrogen-bond donors (Lipinski definition) is 2. The van der Waals surface area contributed by atoms with Crippen molar-refractivity contribution >= 4 is 28.4 Å². The topological polar surface area (TPSA) is 54.1 Å². The van der Waals surface area contributed by atoms with Gasteiger partial charge in [-0.05, 0) is 42.7 Å². The first kappa shape index (κ1) is 16.2. The number of H-pyrrole nitrogens is 1. The van der Waals surface area contributed by atoms with Crippen molar-refractivity contribution in [2.75, 3.05) is 13.2 Å². The molecular formula is C20H19ClN2O2. The van der Waals surface area contributed by atoms with Gasteiger partial charge in [-0.1, -0.05) is 41.9 Å². The van der Waals surface area contributed by atoms with E-state index < -0.39 is 5.54 Å². The molecule has 2 N–H and O–H groups in total. The maximum absolute atomic E-state index is 12.9. The van der Waals surface area contributed by atoms with Gasteiger partial charge in [0.1, 0.15) is 5.69 Å². The Morgan fingerprint density at radius 1 is 1.08 bits per heavy atom. The average molecular weight is 355 g/mol.